The summed E-state index contributed by atoms with van der Waals surface area (Å²) in [4.78, 5) is 28.1. The number of piperidine rings is 1. The average molecular weight is 425 g/mol. The van der Waals surface area contributed by atoms with Crippen LogP contribution in [0.25, 0.3) is 0 Å². The molecule has 160 valence electrons. The summed E-state index contributed by atoms with van der Waals surface area (Å²) >= 11 is 6.00. The Morgan fingerprint density at radius 2 is 2.03 bits per heavy atom. The molecule has 0 aromatic heterocycles. The summed E-state index contributed by atoms with van der Waals surface area (Å²) in [5, 5.41) is 0.533. The number of methoxy groups -OCH3 is 1. The molecule has 2 saturated heterocycles. The number of ether oxygens (including phenoxy) is 3. The lowest BCUT2D eigenvalue weighted by molar-refractivity contribution is -0.160. The van der Waals surface area contributed by atoms with Crippen LogP contribution in [0.3, 0.4) is 0 Å². The lowest BCUT2D eigenvalue weighted by Gasteiger charge is -2.46. The fourth-order valence-electron chi connectivity index (χ4n) is 3.92. The Morgan fingerprint density at radius 1 is 1.31 bits per heavy atom. The Bertz CT molecular complexity index is 747. The Balaban J connectivity index is 1.58. The van der Waals surface area contributed by atoms with Crippen LogP contribution in [0, 0.1) is 0 Å². The van der Waals surface area contributed by atoms with E-state index in [4.69, 9.17) is 25.8 Å². The minimum atomic E-state index is -0.287. The van der Waals surface area contributed by atoms with E-state index < -0.39 is 0 Å². The van der Waals surface area contributed by atoms with Crippen LogP contribution in [0.2, 0.25) is 5.02 Å². The quantitative estimate of drug-likeness (QED) is 0.726. The molecule has 1 unspecified atom stereocenters. The summed E-state index contributed by atoms with van der Waals surface area (Å²) in [5.41, 5.74) is 0.228. The summed E-state index contributed by atoms with van der Waals surface area (Å²) in [5.74, 6) is 0.382. The highest BCUT2D eigenvalue weighted by Crippen LogP contribution is 2.37. The van der Waals surface area contributed by atoms with Crippen molar-refractivity contribution in [3.05, 3.63) is 28.8 Å². The third-order valence-corrected chi connectivity index (χ3v) is 5.98. The zero-order chi connectivity index (χ0) is 21.0. The molecule has 2 fully saturated rings. The number of benzene rings is 1. The van der Waals surface area contributed by atoms with Crippen molar-refractivity contribution in [3.63, 3.8) is 0 Å². The van der Waals surface area contributed by atoms with Gasteiger partial charge in [0.25, 0.3) is 5.91 Å². The van der Waals surface area contributed by atoms with Gasteiger partial charge in [-0.3, -0.25) is 9.59 Å². The third kappa shape index (κ3) is 5.21. The van der Waals surface area contributed by atoms with Gasteiger partial charge in [-0.1, -0.05) is 11.6 Å². The van der Waals surface area contributed by atoms with E-state index in [-0.39, 0.29) is 30.1 Å². The lowest BCUT2D eigenvalue weighted by Crippen LogP contribution is -2.52. The van der Waals surface area contributed by atoms with Gasteiger partial charge in [0, 0.05) is 45.2 Å². The summed E-state index contributed by atoms with van der Waals surface area (Å²) in [6.45, 7) is 1.91. The maximum Gasteiger partial charge on any atom is 0.257 e. The van der Waals surface area contributed by atoms with Gasteiger partial charge < -0.3 is 24.0 Å². The molecular weight excluding hydrogens is 396 g/mol. The molecule has 2 amide bonds. The van der Waals surface area contributed by atoms with Crippen molar-refractivity contribution >= 4 is 23.4 Å². The van der Waals surface area contributed by atoms with Gasteiger partial charge in [0.1, 0.15) is 12.4 Å². The van der Waals surface area contributed by atoms with Gasteiger partial charge in [-0.05, 0) is 37.5 Å². The van der Waals surface area contributed by atoms with Crippen LogP contribution in [0.15, 0.2) is 18.2 Å². The predicted molar refractivity (Wildman–Crippen MR) is 109 cm³/mol. The van der Waals surface area contributed by atoms with E-state index in [1.54, 1.807) is 32.3 Å². The molecule has 1 spiro atoms. The average Bonchev–Trinajstić information content (AvgIpc) is 2.72. The highest BCUT2D eigenvalue weighted by atomic mass is 35.5. The Hall–Kier alpha value is -1.83. The zero-order valence-corrected chi connectivity index (χ0v) is 18.0. The Kier molecular flexibility index (Phi) is 7.03. The van der Waals surface area contributed by atoms with E-state index in [0.29, 0.717) is 36.0 Å². The van der Waals surface area contributed by atoms with Crippen molar-refractivity contribution in [1.82, 2.24) is 9.80 Å². The van der Waals surface area contributed by atoms with E-state index in [2.05, 4.69) is 0 Å². The van der Waals surface area contributed by atoms with Crippen molar-refractivity contribution in [1.29, 1.82) is 0 Å². The minimum Gasteiger partial charge on any atom is -0.496 e. The highest BCUT2D eigenvalue weighted by Gasteiger charge is 2.42. The van der Waals surface area contributed by atoms with Crippen LogP contribution in [0.5, 0.6) is 5.75 Å². The molecule has 0 aliphatic carbocycles. The summed E-state index contributed by atoms with van der Waals surface area (Å²) in [6, 6.07) is 5.06. The first-order valence-corrected chi connectivity index (χ1v) is 10.3. The second-order valence-corrected chi connectivity index (χ2v) is 8.32. The van der Waals surface area contributed by atoms with Crippen LogP contribution in [-0.4, -0.2) is 80.8 Å². The first-order chi connectivity index (χ1) is 13.8. The number of nitrogens with zero attached hydrogens (tertiary/aromatic N) is 2. The molecule has 1 atom stereocenters. The van der Waals surface area contributed by atoms with Gasteiger partial charge in [0.15, 0.2) is 0 Å². The van der Waals surface area contributed by atoms with Gasteiger partial charge in [-0.2, -0.15) is 0 Å². The van der Waals surface area contributed by atoms with Crippen molar-refractivity contribution in [3.8, 4) is 5.75 Å². The molecule has 7 nitrogen and oxygen atoms in total. The molecule has 29 heavy (non-hydrogen) atoms. The summed E-state index contributed by atoms with van der Waals surface area (Å²) in [6.07, 6.45) is 3.03. The van der Waals surface area contributed by atoms with E-state index in [0.717, 1.165) is 25.7 Å². The zero-order valence-electron chi connectivity index (χ0n) is 17.3. The molecule has 0 N–H and O–H groups in total. The SMILES string of the molecule is COc1cc(Cl)ccc1C(=O)N1CCC2(CC1)CC(OCC(=O)N(C)C)CCO2. The number of rotatable bonds is 5. The molecule has 3 rings (SSSR count). The van der Waals surface area contributed by atoms with E-state index >= 15 is 0 Å². The second-order valence-electron chi connectivity index (χ2n) is 7.88. The predicted octanol–water partition coefficient (Wildman–Crippen LogP) is 2.61. The third-order valence-electron chi connectivity index (χ3n) is 5.74. The standard InChI is InChI=1S/C21H29ClN2O5/c1-23(2)19(25)14-28-16-6-11-29-21(13-16)7-9-24(10-8-21)20(26)17-5-4-15(22)12-18(17)27-3/h4-5,12,16H,6-11,13-14H2,1-3H3. The molecule has 2 heterocycles. The summed E-state index contributed by atoms with van der Waals surface area (Å²) < 4.78 is 17.3. The van der Waals surface area contributed by atoms with Gasteiger partial charge in [-0.25, -0.2) is 0 Å². The number of hydrogen-bond acceptors (Lipinski definition) is 5. The number of likely N-dealkylation sites (tertiary alicyclic amines) is 1. The van der Waals surface area contributed by atoms with Crippen molar-refractivity contribution in [2.45, 2.75) is 37.4 Å². The fourth-order valence-corrected chi connectivity index (χ4v) is 4.08. The second kappa shape index (κ2) is 9.32. The maximum absolute atomic E-state index is 13.0. The molecule has 0 radical (unpaired) electrons. The van der Waals surface area contributed by atoms with Crippen molar-refractivity contribution in [2.75, 3.05) is 47.5 Å². The van der Waals surface area contributed by atoms with Crippen LogP contribution >= 0.6 is 11.6 Å². The van der Waals surface area contributed by atoms with Gasteiger partial charge in [0.2, 0.25) is 5.91 Å². The van der Waals surface area contributed by atoms with Crippen LogP contribution in [-0.2, 0) is 14.3 Å². The van der Waals surface area contributed by atoms with Crippen LogP contribution in [0.4, 0.5) is 0 Å². The smallest absolute Gasteiger partial charge is 0.257 e. The van der Waals surface area contributed by atoms with E-state index in [1.165, 1.54) is 12.0 Å². The Labute approximate surface area is 176 Å². The van der Waals surface area contributed by atoms with Crippen LogP contribution < -0.4 is 4.74 Å². The number of likely N-dealkylation sites (N-methyl/N-ethyl adjacent to an activating group) is 1. The first-order valence-electron chi connectivity index (χ1n) is 9.92. The minimum absolute atomic E-state index is 0.00580. The molecule has 1 aromatic rings. The molecule has 1 aromatic carbocycles. The number of carbonyl (C=O) groups is 2. The molecule has 2 aliphatic heterocycles. The normalized spacial score (nSPS) is 21.1. The number of halogens is 1. The molecule has 0 saturated carbocycles. The molecule has 0 bridgehead atoms. The van der Waals surface area contributed by atoms with Crippen molar-refractivity contribution in [2.24, 2.45) is 0 Å². The fraction of sp³-hybridized carbons (Fsp3) is 0.619. The van der Waals surface area contributed by atoms with Gasteiger partial charge >= 0.3 is 0 Å². The maximum atomic E-state index is 13.0. The molecule has 8 heteroatoms. The molecular formula is C21H29ClN2O5. The van der Waals surface area contributed by atoms with Crippen molar-refractivity contribution < 1.29 is 23.8 Å². The van der Waals surface area contributed by atoms with Crippen LogP contribution in [0.1, 0.15) is 36.0 Å². The van der Waals surface area contributed by atoms with Gasteiger partial charge in [0.05, 0.1) is 24.4 Å². The topological polar surface area (TPSA) is 68.3 Å². The monoisotopic (exact) mass is 424 g/mol. The van der Waals surface area contributed by atoms with Gasteiger partial charge in [-0.15, -0.1) is 0 Å². The first kappa shape index (κ1) is 21.9. The number of carbonyl (C=O) groups excluding carboxylic acids is 2. The number of hydrogen-bond donors (Lipinski definition) is 0. The Morgan fingerprint density at radius 3 is 2.69 bits per heavy atom. The summed E-state index contributed by atoms with van der Waals surface area (Å²) in [7, 11) is 4.98. The van der Waals surface area contributed by atoms with E-state index in [1.807, 2.05) is 4.90 Å². The lowest BCUT2D eigenvalue weighted by atomic mass is 9.83. The molecule has 2 aliphatic rings. The number of amides is 2. The highest BCUT2D eigenvalue weighted by molar-refractivity contribution is 6.30. The largest absolute Gasteiger partial charge is 0.496 e. The van der Waals surface area contributed by atoms with E-state index in [9.17, 15) is 9.59 Å².